The van der Waals surface area contributed by atoms with E-state index < -0.39 is 6.29 Å². The first-order valence-corrected chi connectivity index (χ1v) is 14.8. The zero-order valence-electron chi connectivity index (χ0n) is 25.4. The molecule has 0 radical (unpaired) electrons. The van der Waals surface area contributed by atoms with Gasteiger partial charge in [0.1, 0.15) is 11.9 Å². The summed E-state index contributed by atoms with van der Waals surface area (Å²) in [5.74, 6) is 0.995. The van der Waals surface area contributed by atoms with Gasteiger partial charge in [0.25, 0.3) is 5.91 Å². The van der Waals surface area contributed by atoms with E-state index in [4.69, 9.17) is 14.2 Å². The number of hydrogen-bond donors (Lipinski definition) is 1. The van der Waals surface area contributed by atoms with Gasteiger partial charge in [-0.2, -0.15) is 0 Å². The van der Waals surface area contributed by atoms with Crippen LogP contribution in [-0.2, 0) is 19.0 Å². The molecule has 0 aliphatic carbocycles. The van der Waals surface area contributed by atoms with Gasteiger partial charge in [-0.25, -0.2) is 0 Å². The quantitative estimate of drug-likeness (QED) is 0.228. The standard InChI is InChI=1S/C35H43NO6/c1-23(2)21-32(27-11-13-28(14-12-27)34(38)36-18-17-33(37)39-5)42-29-15-16-30(26-9-7-25(8-10-26)24(3)4)31(22-29)35-40-19-6-20-41-35/h7-16,22-24,32,35H,6,17-21H2,1-5H3,(H,36,38). The normalized spacial score (nSPS) is 14.5. The highest BCUT2D eigenvalue weighted by Gasteiger charge is 2.23. The van der Waals surface area contributed by atoms with Crippen molar-refractivity contribution in [1.82, 2.24) is 5.32 Å². The molecule has 224 valence electrons. The minimum Gasteiger partial charge on any atom is -0.486 e. The number of nitrogens with one attached hydrogen (secondary N) is 1. The number of methoxy groups -OCH3 is 1. The van der Waals surface area contributed by atoms with Crippen molar-refractivity contribution in [2.24, 2.45) is 5.92 Å². The summed E-state index contributed by atoms with van der Waals surface area (Å²) in [5, 5.41) is 2.75. The summed E-state index contributed by atoms with van der Waals surface area (Å²) in [6, 6.07) is 22.3. The second-order valence-corrected chi connectivity index (χ2v) is 11.4. The van der Waals surface area contributed by atoms with E-state index in [-0.39, 0.29) is 30.9 Å². The van der Waals surface area contributed by atoms with Gasteiger partial charge < -0.3 is 24.3 Å². The third kappa shape index (κ3) is 8.43. The zero-order chi connectivity index (χ0) is 30.1. The molecule has 7 nitrogen and oxygen atoms in total. The first kappa shape index (κ1) is 31.3. The van der Waals surface area contributed by atoms with E-state index in [1.807, 2.05) is 24.3 Å². The van der Waals surface area contributed by atoms with E-state index in [0.29, 0.717) is 30.6 Å². The van der Waals surface area contributed by atoms with Crippen molar-refractivity contribution in [2.75, 3.05) is 26.9 Å². The molecule has 0 aromatic heterocycles. The molecule has 3 aromatic carbocycles. The summed E-state index contributed by atoms with van der Waals surface area (Å²) >= 11 is 0. The maximum atomic E-state index is 12.5. The Morgan fingerprint density at radius 2 is 1.57 bits per heavy atom. The number of rotatable bonds is 12. The lowest BCUT2D eigenvalue weighted by atomic mass is 9.95. The van der Waals surface area contributed by atoms with Crippen molar-refractivity contribution in [3.05, 3.63) is 89.0 Å². The molecule has 1 amide bonds. The predicted octanol–water partition coefficient (Wildman–Crippen LogP) is 7.37. The van der Waals surface area contributed by atoms with Gasteiger partial charge in [0.2, 0.25) is 0 Å². The Bertz CT molecular complexity index is 1310. The monoisotopic (exact) mass is 573 g/mol. The number of carbonyl (C=O) groups is 2. The average molecular weight is 574 g/mol. The fourth-order valence-corrected chi connectivity index (χ4v) is 4.96. The molecule has 42 heavy (non-hydrogen) atoms. The lowest BCUT2D eigenvalue weighted by Crippen LogP contribution is -2.26. The van der Waals surface area contributed by atoms with Crippen molar-refractivity contribution in [1.29, 1.82) is 0 Å². The maximum absolute atomic E-state index is 12.5. The molecule has 4 rings (SSSR count). The molecule has 1 aliphatic heterocycles. The molecule has 0 spiro atoms. The van der Waals surface area contributed by atoms with Gasteiger partial charge >= 0.3 is 5.97 Å². The molecule has 1 heterocycles. The van der Waals surface area contributed by atoms with Crippen LogP contribution in [0.5, 0.6) is 5.75 Å². The third-order valence-electron chi connectivity index (χ3n) is 7.34. The topological polar surface area (TPSA) is 83.1 Å². The average Bonchev–Trinajstić information content (AvgIpc) is 3.01. The van der Waals surface area contributed by atoms with Gasteiger partial charge in [-0.15, -0.1) is 0 Å². The Hall–Kier alpha value is -3.68. The molecule has 3 aromatic rings. The van der Waals surface area contributed by atoms with E-state index in [1.165, 1.54) is 12.7 Å². The number of benzene rings is 3. The second kappa shape index (κ2) is 15.0. The number of amides is 1. The van der Waals surface area contributed by atoms with Crippen LogP contribution in [0.1, 0.15) is 92.3 Å². The van der Waals surface area contributed by atoms with Crippen molar-refractivity contribution in [3.8, 4) is 16.9 Å². The van der Waals surface area contributed by atoms with E-state index in [1.54, 1.807) is 12.1 Å². The first-order chi connectivity index (χ1) is 20.2. The number of ether oxygens (including phenoxy) is 4. The minimum atomic E-state index is -0.456. The summed E-state index contributed by atoms with van der Waals surface area (Å²) in [5.41, 5.74) is 5.92. The van der Waals surface area contributed by atoms with Crippen LogP contribution in [0, 0.1) is 5.92 Å². The van der Waals surface area contributed by atoms with Crippen LogP contribution in [0.3, 0.4) is 0 Å². The van der Waals surface area contributed by atoms with Crippen LogP contribution in [-0.4, -0.2) is 38.7 Å². The molecular formula is C35H43NO6. The summed E-state index contributed by atoms with van der Waals surface area (Å²) in [6.07, 6.45) is 1.14. The molecule has 0 bridgehead atoms. The Balaban J connectivity index is 1.56. The molecule has 1 aliphatic rings. The lowest BCUT2D eigenvalue weighted by Gasteiger charge is -2.27. The molecule has 1 fully saturated rings. The first-order valence-electron chi connectivity index (χ1n) is 14.8. The van der Waals surface area contributed by atoms with Gasteiger partial charge in [0.05, 0.1) is 26.7 Å². The molecule has 1 saturated heterocycles. The van der Waals surface area contributed by atoms with Gasteiger partial charge in [-0.1, -0.05) is 70.2 Å². The molecular weight excluding hydrogens is 530 g/mol. The molecule has 0 saturated carbocycles. The fraction of sp³-hybridized carbons (Fsp3) is 0.429. The van der Waals surface area contributed by atoms with E-state index in [0.717, 1.165) is 40.8 Å². The summed E-state index contributed by atoms with van der Waals surface area (Å²) in [7, 11) is 1.33. The summed E-state index contributed by atoms with van der Waals surface area (Å²) in [4.78, 5) is 23.9. The Morgan fingerprint density at radius 1 is 0.905 bits per heavy atom. The van der Waals surface area contributed by atoms with Crippen LogP contribution >= 0.6 is 0 Å². The van der Waals surface area contributed by atoms with Crippen molar-refractivity contribution < 1.29 is 28.5 Å². The third-order valence-corrected chi connectivity index (χ3v) is 7.34. The molecule has 7 heteroatoms. The van der Waals surface area contributed by atoms with E-state index in [9.17, 15) is 9.59 Å². The maximum Gasteiger partial charge on any atom is 0.307 e. The zero-order valence-corrected chi connectivity index (χ0v) is 25.4. The smallest absolute Gasteiger partial charge is 0.307 e. The van der Waals surface area contributed by atoms with Crippen molar-refractivity contribution >= 4 is 11.9 Å². The minimum absolute atomic E-state index is 0.131. The van der Waals surface area contributed by atoms with Crippen LogP contribution in [0.25, 0.3) is 11.1 Å². The Morgan fingerprint density at radius 3 is 2.19 bits per heavy atom. The largest absolute Gasteiger partial charge is 0.486 e. The lowest BCUT2D eigenvalue weighted by molar-refractivity contribution is -0.182. The van der Waals surface area contributed by atoms with Gasteiger partial charge in [0.15, 0.2) is 6.29 Å². The van der Waals surface area contributed by atoms with Crippen LogP contribution in [0.15, 0.2) is 66.7 Å². The Kier molecular flexibility index (Phi) is 11.2. The van der Waals surface area contributed by atoms with Crippen LogP contribution in [0.4, 0.5) is 0 Å². The molecule has 1 unspecified atom stereocenters. The van der Waals surface area contributed by atoms with Gasteiger partial charge in [-0.05, 0) is 71.2 Å². The summed E-state index contributed by atoms with van der Waals surface area (Å²) < 4.78 is 23.3. The highest BCUT2D eigenvalue weighted by molar-refractivity contribution is 5.94. The van der Waals surface area contributed by atoms with Crippen LogP contribution < -0.4 is 10.1 Å². The van der Waals surface area contributed by atoms with Crippen LogP contribution in [0.2, 0.25) is 0 Å². The van der Waals surface area contributed by atoms with Gasteiger partial charge in [-0.3, -0.25) is 9.59 Å². The summed E-state index contributed by atoms with van der Waals surface area (Å²) in [6.45, 7) is 10.2. The molecule has 1 atom stereocenters. The Labute approximate surface area is 249 Å². The van der Waals surface area contributed by atoms with E-state index in [2.05, 4.69) is 68.1 Å². The molecule has 1 N–H and O–H groups in total. The van der Waals surface area contributed by atoms with E-state index >= 15 is 0 Å². The second-order valence-electron chi connectivity index (χ2n) is 11.4. The SMILES string of the molecule is COC(=O)CCNC(=O)c1ccc(C(CC(C)C)Oc2ccc(-c3ccc(C(C)C)cc3)c(C3OCCCO3)c2)cc1. The number of hydrogen-bond acceptors (Lipinski definition) is 6. The number of carbonyl (C=O) groups excluding carboxylic acids is 2. The van der Waals surface area contributed by atoms with Crippen molar-refractivity contribution in [2.45, 2.75) is 65.3 Å². The number of esters is 1. The predicted molar refractivity (Wildman–Crippen MR) is 163 cm³/mol. The van der Waals surface area contributed by atoms with Gasteiger partial charge in [0, 0.05) is 17.7 Å². The fourth-order valence-electron chi connectivity index (χ4n) is 4.96. The van der Waals surface area contributed by atoms with Crippen molar-refractivity contribution in [3.63, 3.8) is 0 Å². The highest BCUT2D eigenvalue weighted by atomic mass is 16.7. The highest BCUT2D eigenvalue weighted by Crippen LogP contribution is 2.37.